The standard InChI is InChI=1S/C14H20N2O2/c15-10-9-12-6-4-5-11-16(12)14(17)18-13-7-2-1-3-8-13/h1-3,7-8,12H,4-6,9-11,15H2. The molecule has 0 aliphatic carbocycles. The maximum Gasteiger partial charge on any atom is 0.415 e. The van der Waals surface area contributed by atoms with Crippen LogP contribution < -0.4 is 10.5 Å². The highest BCUT2D eigenvalue weighted by atomic mass is 16.6. The molecule has 98 valence electrons. The van der Waals surface area contributed by atoms with Crippen LogP contribution >= 0.6 is 0 Å². The van der Waals surface area contributed by atoms with Gasteiger partial charge in [-0.1, -0.05) is 18.2 Å². The van der Waals surface area contributed by atoms with Gasteiger partial charge >= 0.3 is 6.09 Å². The molecule has 1 aliphatic rings. The number of para-hydroxylation sites is 1. The van der Waals surface area contributed by atoms with Crippen LogP contribution in [0.1, 0.15) is 25.7 Å². The molecule has 0 radical (unpaired) electrons. The number of likely N-dealkylation sites (tertiary alicyclic amines) is 1. The van der Waals surface area contributed by atoms with Gasteiger partial charge in [0.05, 0.1) is 0 Å². The summed E-state index contributed by atoms with van der Waals surface area (Å²) in [5.74, 6) is 0.597. The number of carbonyl (C=O) groups excluding carboxylic acids is 1. The first-order valence-electron chi connectivity index (χ1n) is 6.55. The van der Waals surface area contributed by atoms with Gasteiger partial charge in [0, 0.05) is 12.6 Å². The molecule has 0 spiro atoms. The summed E-state index contributed by atoms with van der Waals surface area (Å²) in [5, 5.41) is 0. The fourth-order valence-corrected chi connectivity index (χ4v) is 2.38. The van der Waals surface area contributed by atoms with Crippen LogP contribution in [0, 0.1) is 0 Å². The number of nitrogens with two attached hydrogens (primary N) is 1. The SMILES string of the molecule is NCCC1CCCCN1C(=O)Oc1ccccc1. The topological polar surface area (TPSA) is 55.6 Å². The lowest BCUT2D eigenvalue weighted by Gasteiger charge is -2.34. The third-order valence-corrected chi connectivity index (χ3v) is 3.31. The highest BCUT2D eigenvalue weighted by molar-refractivity contribution is 5.71. The first-order valence-corrected chi connectivity index (χ1v) is 6.55. The second-order valence-electron chi connectivity index (χ2n) is 4.60. The van der Waals surface area contributed by atoms with Crippen molar-refractivity contribution >= 4 is 6.09 Å². The zero-order valence-corrected chi connectivity index (χ0v) is 10.5. The Balaban J connectivity index is 1.98. The number of amides is 1. The number of carbonyl (C=O) groups is 1. The zero-order chi connectivity index (χ0) is 12.8. The Labute approximate surface area is 108 Å². The molecule has 1 fully saturated rings. The van der Waals surface area contributed by atoms with Crippen molar-refractivity contribution in [2.75, 3.05) is 13.1 Å². The normalized spacial score (nSPS) is 19.6. The lowest BCUT2D eigenvalue weighted by molar-refractivity contribution is 0.110. The van der Waals surface area contributed by atoms with Gasteiger partial charge in [0.15, 0.2) is 0 Å². The molecule has 4 heteroatoms. The van der Waals surface area contributed by atoms with E-state index in [9.17, 15) is 4.79 Å². The van der Waals surface area contributed by atoms with E-state index in [0.717, 1.165) is 25.8 Å². The van der Waals surface area contributed by atoms with Crippen molar-refractivity contribution in [3.63, 3.8) is 0 Å². The highest BCUT2D eigenvalue weighted by Gasteiger charge is 2.27. The molecule has 2 N–H and O–H groups in total. The summed E-state index contributed by atoms with van der Waals surface area (Å²) >= 11 is 0. The molecule has 1 unspecified atom stereocenters. The summed E-state index contributed by atoms with van der Waals surface area (Å²) in [6, 6.07) is 9.43. The molecule has 1 atom stereocenters. The van der Waals surface area contributed by atoms with Crippen molar-refractivity contribution in [3.05, 3.63) is 30.3 Å². The van der Waals surface area contributed by atoms with E-state index in [2.05, 4.69) is 0 Å². The minimum Gasteiger partial charge on any atom is -0.410 e. The predicted molar refractivity (Wildman–Crippen MR) is 70.5 cm³/mol. The van der Waals surface area contributed by atoms with Gasteiger partial charge in [0.1, 0.15) is 5.75 Å². The van der Waals surface area contributed by atoms with E-state index in [0.29, 0.717) is 12.3 Å². The Morgan fingerprint density at radius 1 is 1.33 bits per heavy atom. The van der Waals surface area contributed by atoms with E-state index in [1.54, 1.807) is 12.1 Å². The predicted octanol–water partition coefficient (Wildman–Crippen LogP) is 2.39. The van der Waals surface area contributed by atoms with Crippen molar-refractivity contribution in [1.29, 1.82) is 0 Å². The minimum absolute atomic E-state index is 0.236. The maximum atomic E-state index is 12.1. The molecular formula is C14H20N2O2. The van der Waals surface area contributed by atoms with Gasteiger partial charge in [0.2, 0.25) is 0 Å². The van der Waals surface area contributed by atoms with E-state index in [1.165, 1.54) is 6.42 Å². The van der Waals surface area contributed by atoms with Crippen LogP contribution in [0.5, 0.6) is 5.75 Å². The first-order chi connectivity index (χ1) is 8.81. The van der Waals surface area contributed by atoms with Crippen LogP contribution in [0.15, 0.2) is 30.3 Å². The molecule has 1 amide bonds. The van der Waals surface area contributed by atoms with Crippen LogP contribution in [0.2, 0.25) is 0 Å². The number of rotatable bonds is 3. The monoisotopic (exact) mass is 248 g/mol. The molecule has 0 bridgehead atoms. The van der Waals surface area contributed by atoms with Crippen LogP contribution in [-0.2, 0) is 0 Å². The van der Waals surface area contributed by atoms with Crippen molar-refractivity contribution in [2.45, 2.75) is 31.7 Å². The Morgan fingerprint density at radius 2 is 2.11 bits per heavy atom. The summed E-state index contributed by atoms with van der Waals surface area (Å²) in [4.78, 5) is 13.9. The Kier molecular flexibility index (Phi) is 4.59. The quantitative estimate of drug-likeness (QED) is 0.893. The van der Waals surface area contributed by atoms with Crippen LogP contribution in [0.3, 0.4) is 0 Å². The third-order valence-electron chi connectivity index (χ3n) is 3.31. The maximum absolute atomic E-state index is 12.1. The van der Waals surface area contributed by atoms with Crippen LogP contribution in [-0.4, -0.2) is 30.1 Å². The molecule has 1 aromatic rings. The molecule has 18 heavy (non-hydrogen) atoms. The number of piperidine rings is 1. The van der Waals surface area contributed by atoms with Crippen molar-refractivity contribution < 1.29 is 9.53 Å². The van der Waals surface area contributed by atoms with Gasteiger partial charge in [-0.2, -0.15) is 0 Å². The van der Waals surface area contributed by atoms with E-state index in [1.807, 2.05) is 23.1 Å². The number of ether oxygens (including phenoxy) is 1. The number of hydrogen-bond donors (Lipinski definition) is 1. The molecular weight excluding hydrogens is 228 g/mol. The summed E-state index contributed by atoms with van der Waals surface area (Å²) in [5.41, 5.74) is 5.60. The van der Waals surface area contributed by atoms with E-state index in [4.69, 9.17) is 10.5 Å². The van der Waals surface area contributed by atoms with Gasteiger partial charge < -0.3 is 15.4 Å². The highest BCUT2D eigenvalue weighted by Crippen LogP contribution is 2.21. The van der Waals surface area contributed by atoms with E-state index in [-0.39, 0.29) is 12.1 Å². The van der Waals surface area contributed by atoms with Crippen molar-refractivity contribution in [2.24, 2.45) is 5.73 Å². The van der Waals surface area contributed by atoms with Gasteiger partial charge in [-0.25, -0.2) is 4.79 Å². The zero-order valence-electron chi connectivity index (χ0n) is 10.5. The molecule has 2 rings (SSSR count). The summed E-state index contributed by atoms with van der Waals surface area (Å²) in [7, 11) is 0. The average Bonchev–Trinajstić information content (AvgIpc) is 2.41. The smallest absolute Gasteiger partial charge is 0.410 e. The van der Waals surface area contributed by atoms with E-state index >= 15 is 0 Å². The van der Waals surface area contributed by atoms with Crippen LogP contribution in [0.25, 0.3) is 0 Å². The fourth-order valence-electron chi connectivity index (χ4n) is 2.38. The molecule has 1 aliphatic heterocycles. The lowest BCUT2D eigenvalue weighted by Crippen LogP contribution is -2.45. The molecule has 1 saturated heterocycles. The second kappa shape index (κ2) is 6.40. The summed E-state index contributed by atoms with van der Waals surface area (Å²) < 4.78 is 5.38. The molecule has 1 heterocycles. The molecule has 0 aromatic heterocycles. The van der Waals surface area contributed by atoms with Crippen molar-refractivity contribution in [3.8, 4) is 5.75 Å². The largest absolute Gasteiger partial charge is 0.415 e. The average molecular weight is 248 g/mol. The van der Waals surface area contributed by atoms with Gasteiger partial charge in [0.25, 0.3) is 0 Å². The van der Waals surface area contributed by atoms with Crippen LogP contribution in [0.4, 0.5) is 4.79 Å². The Morgan fingerprint density at radius 3 is 2.83 bits per heavy atom. The van der Waals surface area contributed by atoms with Crippen molar-refractivity contribution in [1.82, 2.24) is 4.90 Å². The molecule has 4 nitrogen and oxygen atoms in total. The third kappa shape index (κ3) is 3.23. The van der Waals surface area contributed by atoms with Gasteiger partial charge in [-0.05, 0) is 44.4 Å². The minimum atomic E-state index is -0.251. The first kappa shape index (κ1) is 12.9. The number of hydrogen-bond acceptors (Lipinski definition) is 3. The lowest BCUT2D eigenvalue weighted by atomic mass is 10.00. The summed E-state index contributed by atoms with van der Waals surface area (Å²) in [6.07, 6.45) is 3.84. The molecule has 0 saturated carbocycles. The fraction of sp³-hybridized carbons (Fsp3) is 0.500. The van der Waals surface area contributed by atoms with E-state index < -0.39 is 0 Å². The molecule has 1 aromatic carbocycles. The second-order valence-corrected chi connectivity index (χ2v) is 4.60. The number of nitrogens with zero attached hydrogens (tertiary/aromatic N) is 1. The Bertz CT molecular complexity index is 379. The van der Waals surface area contributed by atoms with Gasteiger partial charge in [-0.15, -0.1) is 0 Å². The summed E-state index contributed by atoms with van der Waals surface area (Å²) in [6.45, 7) is 1.39. The Hall–Kier alpha value is -1.55. The number of benzene rings is 1. The van der Waals surface area contributed by atoms with Gasteiger partial charge in [-0.3, -0.25) is 0 Å².